The Balaban J connectivity index is 1.85. The highest BCUT2D eigenvalue weighted by Gasteiger charge is 2.73. The van der Waals surface area contributed by atoms with Crippen molar-refractivity contribution in [3.05, 3.63) is 35.9 Å². The summed E-state index contributed by atoms with van der Waals surface area (Å²) in [6.07, 6.45) is -4.72. The lowest BCUT2D eigenvalue weighted by molar-refractivity contribution is -0.180. The first-order valence-corrected chi connectivity index (χ1v) is 8.25. The quantitative estimate of drug-likeness (QED) is 0.822. The number of likely N-dealkylation sites (tertiary alicyclic amines) is 1. The summed E-state index contributed by atoms with van der Waals surface area (Å²) in [5.41, 5.74) is -0.361. The number of ether oxygens (including phenoxy) is 1. The molecule has 3 unspecified atom stereocenters. The van der Waals surface area contributed by atoms with Crippen molar-refractivity contribution in [2.45, 2.75) is 57.2 Å². The summed E-state index contributed by atoms with van der Waals surface area (Å²) in [6, 6.07) is 7.69. The van der Waals surface area contributed by atoms with Crippen LogP contribution in [-0.4, -0.2) is 40.5 Å². The molecule has 0 spiro atoms. The van der Waals surface area contributed by atoms with Gasteiger partial charge in [-0.15, -0.1) is 0 Å². The van der Waals surface area contributed by atoms with Crippen molar-refractivity contribution < 1.29 is 22.7 Å². The van der Waals surface area contributed by atoms with Crippen LogP contribution in [0.15, 0.2) is 30.3 Å². The summed E-state index contributed by atoms with van der Waals surface area (Å²) < 4.78 is 46.9. The Labute approximate surface area is 144 Å². The fraction of sp³-hybridized carbons (Fsp3) is 0.588. The third kappa shape index (κ3) is 3.20. The number of nitrogens with one attached hydrogen (secondary N) is 1. The van der Waals surface area contributed by atoms with Crippen molar-refractivity contribution in [3.8, 4) is 0 Å². The maximum Gasteiger partial charge on any atom is 0.427 e. The van der Waals surface area contributed by atoms with Gasteiger partial charge in [0, 0.05) is 6.54 Å². The van der Waals surface area contributed by atoms with E-state index in [0.29, 0.717) is 19.4 Å². The van der Waals surface area contributed by atoms with E-state index in [1.54, 1.807) is 39.0 Å². The maximum absolute atomic E-state index is 13.8. The van der Waals surface area contributed by atoms with Gasteiger partial charge in [-0.05, 0) is 39.2 Å². The van der Waals surface area contributed by atoms with Gasteiger partial charge in [0.15, 0.2) is 0 Å². The van der Waals surface area contributed by atoms with Crippen molar-refractivity contribution in [2.24, 2.45) is 0 Å². The molecular weight excluding hydrogens is 335 g/mol. The summed E-state index contributed by atoms with van der Waals surface area (Å²) in [5, 5.41) is 1.12. The van der Waals surface area contributed by atoms with Crippen LogP contribution in [0, 0.1) is 0 Å². The van der Waals surface area contributed by atoms with Gasteiger partial charge >= 0.3 is 12.3 Å². The van der Waals surface area contributed by atoms with Gasteiger partial charge in [0.05, 0.1) is 0 Å². The second-order valence-electron chi connectivity index (χ2n) is 7.35. The molecule has 0 aliphatic carbocycles. The first-order chi connectivity index (χ1) is 11.6. The van der Waals surface area contributed by atoms with Crippen molar-refractivity contribution >= 4 is 6.09 Å². The topological polar surface area (TPSA) is 54.5 Å². The molecule has 0 aromatic heterocycles. The van der Waals surface area contributed by atoms with Gasteiger partial charge in [-0.1, -0.05) is 30.3 Å². The third-order valence-corrected chi connectivity index (χ3v) is 4.34. The van der Waals surface area contributed by atoms with E-state index in [0.717, 1.165) is 5.01 Å². The second-order valence-corrected chi connectivity index (χ2v) is 7.35. The number of benzene rings is 1. The Bertz CT molecular complexity index is 645. The number of hydrogen-bond acceptors (Lipinski definition) is 4. The molecule has 1 N–H and O–H groups in total. The van der Waals surface area contributed by atoms with Gasteiger partial charge < -0.3 is 4.74 Å². The Morgan fingerprint density at radius 3 is 2.44 bits per heavy atom. The molecule has 1 aromatic carbocycles. The van der Waals surface area contributed by atoms with Crippen molar-refractivity contribution in [2.75, 3.05) is 6.54 Å². The third-order valence-electron chi connectivity index (χ3n) is 4.34. The average molecular weight is 357 g/mol. The first-order valence-electron chi connectivity index (χ1n) is 8.25. The number of nitrogens with zero attached hydrogens (tertiary/aromatic N) is 2. The summed E-state index contributed by atoms with van der Waals surface area (Å²) in [7, 11) is 0. The number of alkyl halides is 3. The number of hydrogen-bond donors (Lipinski definition) is 1. The maximum atomic E-state index is 13.8. The van der Waals surface area contributed by atoms with E-state index in [-0.39, 0.29) is 5.56 Å². The van der Waals surface area contributed by atoms with Gasteiger partial charge in [0.2, 0.25) is 5.66 Å². The molecule has 0 radical (unpaired) electrons. The Morgan fingerprint density at radius 1 is 1.24 bits per heavy atom. The Morgan fingerprint density at radius 2 is 1.88 bits per heavy atom. The van der Waals surface area contributed by atoms with E-state index in [1.165, 1.54) is 17.0 Å². The fourth-order valence-corrected chi connectivity index (χ4v) is 3.25. The SMILES string of the molecule is CC(C)(C)OC(=O)N1CCCC1N1NC1(c1ccccc1)C(F)(F)F. The van der Waals surface area contributed by atoms with E-state index >= 15 is 0 Å². The van der Waals surface area contributed by atoms with Crippen LogP contribution in [0.25, 0.3) is 0 Å². The summed E-state index contributed by atoms with van der Waals surface area (Å²) in [5.74, 6) is 0. The smallest absolute Gasteiger partial charge is 0.427 e. The Kier molecular flexibility index (Phi) is 4.23. The zero-order valence-corrected chi connectivity index (χ0v) is 14.4. The molecule has 25 heavy (non-hydrogen) atoms. The first kappa shape index (κ1) is 18.0. The van der Waals surface area contributed by atoms with Crippen LogP contribution in [0.3, 0.4) is 0 Å². The summed E-state index contributed by atoms with van der Waals surface area (Å²) >= 11 is 0. The van der Waals surface area contributed by atoms with Crippen LogP contribution >= 0.6 is 0 Å². The van der Waals surface area contributed by atoms with Crippen LogP contribution < -0.4 is 5.43 Å². The van der Waals surface area contributed by atoms with Gasteiger partial charge in [-0.2, -0.15) is 18.2 Å². The molecule has 3 rings (SSSR count). The minimum absolute atomic E-state index is 0.110. The van der Waals surface area contributed by atoms with Crippen LogP contribution in [0.2, 0.25) is 0 Å². The number of hydrazine groups is 1. The van der Waals surface area contributed by atoms with Crippen LogP contribution in [0.4, 0.5) is 18.0 Å². The lowest BCUT2D eigenvalue weighted by atomic mass is 10.0. The van der Waals surface area contributed by atoms with Gasteiger partial charge in [-0.3, -0.25) is 4.90 Å². The molecule has 0 bridgehead atoms. The minimum atomic E-state index is -4.52. The molecule has 2 fully saturated rings. The zero-order valence-electron chi connectivity index (χ0n) is 14.4. The number of carbonyl (C=O) groups excluding carboxylic acids is 1. The molecule has 8 heteroatoms. The number of carbonyl (C=O) groups is 1. The standard InChI is InChI=1S/C17H22F3N3O2/c1-15(2,3)25-14(24)22-11-7-10-13(22)23-16(21-23,17(18,19)20)12-8-5-4-6-9-12/h4-6,8-9,13,21H,7,10-11H2,1-3H3. The van der Waals surface area contributed by atoms with Crippen LogP contribution in [0.1, 0.15) is 39.2 Å². The highest BCUT2D eigenvalue weighted by atomic mass is 19.4. The van der Waals surface area contributed by atoms with E-state index in [9.17, 15) is 18.0 Å². The molecule has 2 aliphatic rings. The summed E-state index contributed by atoms with van der Waals surface area (Å²) in [4.78, 5) is 13.7. The van der Waals surface area contributed by atoms with E-state index in [1.807, 2.05) is 0 Å². The molecule has 138 valence electrons. The normalized spacial score (nSPS) is 29.6. The predicted octanol–water partition coefficient (Wildman–Crippen LogP) is 3.58. The Hall–Kier alpha value is -1.80. The number of amides is 1. The highest BCUT2D eigenvalue weighted by molar-refractivity contribution is 5.69. The number of halogens is 3. The zero-order chi connectivity index (χ0) is 18.5. The van der Waals surface area contributed by atoms with Crippen LogP contribution in [-0.2, 0) is 10.4 Å². The van der Waals surface area contributed by atoms with Crippen LogP contribution in [0.5, 0.6) is 0 Å². The molecule has 1 amide bonds. The molecule has 5 nitrogen and oxygen atoms in total. The van der Waals surface area contributed by atoms with Gasteiger partial charge in [-0.25, -0.2) is 10.2 Å². The molecule has 2 saturated heterocycles. The average Bonchev–Trinajstić information content (AvgIpc) is 3.08. The molecule has 0 saturated carbocycles. The van der Waals surface area contributed by atoms with E-state index < -0.39 is 29.7 Å². The molecular formula is C17H22F3N3O2. The monoisotopic (exact) mass is 357 g/mol. The van der Waals surface area contributed by atoms with Gasteiger partial charge in [0.25, 0.3) is 0 Å². The fourth-order valence-electron chi connectivity index (χ4n) is 3.25. The second kappa shape index (κ2) is 5.88. The number of rotatable bonds is 2. The van der Waals surface area contributed by atoms with Crippen molar-refractivity contribution in [1.82, 2.24) is 15.3 Å². The molecule has 2 heterocycles. The van der Waals surface area contributed by atoms with E-state index in [2.05, 4.69) is 5.43 Å². The van der Waals surface area contributed by atoms with Crippen molar-refractivity contribution in [1.29, 1.82) is 0 Å². The summed E-state index contributed by atoms with van der Waals surface area (Å²) in [6.45, 7) is 5.57. The lowest BCUT2D eigenvalue weighted by Gasteiger charge is -2.30. The molecule has 2 aliphatic heterocycles. The molecule has 1 aromatic rings. The van der Waals surface area contributed by atoms with Gasteiger partial charge in [0.1, 0.15) is 11.8 Å². The predicted molar refractivity (Wildman–Crippen MR) is 85.1 cm³/mol. The van der Waals surface area contributed by atoms with Crippen molar-refractivity contribution in [3.63, 3.8) is 0 Å². The highest BCUT2D eigenvalue weighted by Crippen LogP contribution is 2.52. The lowest BCUT2D eigenvalue weighted by Crippen LogP contribution is -2.46. The van der Waals surface area contributed by atoms with E-state index in [4.69, 9.17) is 4.74 Å². The molecule has 3 atom stereocenters. The largest absolute Gasteiger partial charge is 0.444 e. The minimum Gasteiger partial charge on any atom is -0.444 e.